The Kier molecular flexibility index (Phi) is 5.19. The van der Waals surface area contributed by atoms with Gasteiger partial charge in [0.2, 0.25) is 0 Å². The van der Waals surface area contributed by atoms with Crippen molar-refractivity contribution >= 4 is 17.2 Å². The molecule has 0 spiro atoms. The highest BCUT2D eigenvalue weighted by Gasteiger charge is 2.18. The second kappa shape index (κ2) is 7.52. The van der Waals surface area contributed by atoms with Crippen molar-refractivity contribution < 1.29 is 18.7 Å². The molecular weight excluding hydrogens is 319 g/mol. The van der Waals surface area contributed by atoms with E-state index in [-0.39, 0.29) is 24.4 Å². The zero-order valence-electron chi connectivity index (χ0n) is 12.5. The molecule has 3 rings (SSSR count). The lowest BCUT2D eigenvalue weighted by Crippen LogP contribution is -2.31. The summed E-state index contributed by atoms with van der Waals surface area (Å²) in [7, 11) is 0. The maximum atomic E-state index is 13.5. The Morgan fingerprint density at radius 1 is 1.48 bits per heavy atom. The van der Waals surface area contributed by atoms with Crippen LogP contribution in [-0.2, 0) is 11.3 Å². The average molecular weight is 336 g/mol. The first kappa shape index (κ1) is 15.9. The molecule has 1 aliphatic rings. The van der Waals surface area contributed by atoms with Crippen molar-refractivity contribution in [3.8, 4) is 5.75 Å². The fourth-order valence-electron chi connectivity index (χ4n) is 2.29. The van der Waals surface area contributed by atoms with Crippen LogP contribution in [0.25, 0.3) is 0 Å². The van der Waals surface area contributed by atoms with E-state index < -0.39 is 5.82 Å². The van der Waals surface area contributed by atoms with E-state index in [1.807, 2.05) is 0 Å². The van der Waals surface area contributed by atoms with Crippen LogP contribution in [0.2, 0.25) is 0 Å². The topological polar surface area (TPSA) is 60.5 Å². The summed E-state index contributed by atoms with van der Waals surface area (Å²) in [5.41, 5.74) is 0.347. The summed E-state index contributed by atoms with van der Waals surface area (Å²) in [5.74, 6) is -0.473. The summed E-state index contributed by atoms with van der Waals surface area (Å²) in [6, 6.07) is 6.19. The van der Waals surface area contributed by atoms with Crippen LogP contribution in [-0.4, -0.2) is 30.1 Å². The van der Waals surface area contributed by atoms with Crippen LogP contribution in [0.1, 0.15) is 28.3 Å². The van der Waals surface area contributed by atoms with Gasteiger partial charge in [-0.25, -0.2) is 9.37 Å². The van der Waals surface area contributed by atoms with Crippen LogP contribution in [0.4, 0.5) is 4.39 Å². The van der Waals surface area contributed by atoms with Crippen LogP contribution < -0.4 is 10.1 Å². The number of ether oxygens (including phenoxy) is 2. The molecule has 1 fully saturated rings. The lowest BCUT2D eigenvalue weighted by atomic mass is 10.2. The van der Waals surface area contributed by atoms with Gasteiger partial charge >= 0.3 is 0 Å². The molecule has 0 radical (unpaired) electrons. The zero-order valence-corrected chi connectivity index (χ0v) is 13.3. The average Bonchev–Trinajstić information content (AvgIpc) is 3.23. The van der Waals surface area contributed by atoms with Crippen molar-refractivity contribution in [3.63, 3.8) is 0 Å². The number of rotatable bonds is 6. The van der Waals surface area contributed by atoms with Crippen LogP contribution in [0.5, 0.6) is 5.75 Å². The highest BCUT2D eigenvalue weighted by molar-refractivity contribution is 7.09. The van der Waals surface area contributed by atoms with Gasteiger partial charge in [-0.2, -0.15) is 0 Å². The van der Waals surface area contributed by atoms with Gasteiger partial charge in [0, 0.05) is 18.5 Å². The molecule has 5 nitrogen and oxygen atoms in total. The number of thiazole rings is 1. The van der Waals surface area contributed by atoms with E-state index in [1.165, 1.54) is 17.4 Å². The monoisotopic (exact) mass is 336 g/mol. The summed E-state index contributed by atoms with van der Waals surface area (Å²) in [6.07, 6.45) is 2.11. The molecular formula is C16H17FN2O3S. The smallest absolute Gasteiger partial charge is 0.270 e. The lowest BCUT2D eigenvalue weighted by molar-refractivity contribution is 0.0854. The third-order valence-electron chi connectivity index (χ3n) is 3.49. The zero-order chi connectivity index (χ0) is 16.1. The third-order valence-corrected chi connectivity index (χ3v) is 4.31. The van der Waals surface area contributed by atoms with E-state index in [0.29, 0.717) is 17.2 Å². The minimum atomic E-state index is -0.418. The van der Waals surface area contributed by atoms with Gasteiger partial charge in [-0.1, -0.05) is 12.1 Å². The molecule has 1 saturated heterocycles. The minimum Gasteiger partial charge on any atom is -0.483 e. The lowest BCUT2D eigenvalue weighted by Gasteiger charge is -2.09. The van der Waals surface area contributed by atoms with Gasteiger partial charge in [-0.15, -0.1) is 11.3 Å². The molecule has 1 atom stereocenters. The van der Waals surface area contributed by atoms with E-state index >= 15 is 0 Å². The van der Waals surface area contributed by atoms with Gasteiger partial charge in [-0.05, 0) is 25.0 Å². The largest absolute Gasteiger partial charge is 0.483 e. The number of benzene rings is 1. The van der Waals surface area contributed by atoms with Crippen molar-refractivity contribution in [2.45, 2.75) is 25.6 Å². The van der Waals surface area contributed by atoms with Crippen LogP contribution in [0.15, 0.2) is 29.6 Å². The first-order chi connectivity index (χ1) is 11.2. The van der Waals surface area contributed by atoms with Crippen molar-refractivity contribution in [2.75, 3.05) is 13.2 Å². The van der Waals surface area contributed by atoms with Gasteiger partial charge in [-0.3, -0.25) is 4.79 Å². The number of nitrogens with one attached hydrogen (secondary N) is 1. The number of para-hydroxylation sites is 1. The second-order valence-electron chi connectivity index (χ2n) is 5.19. The Morgan fingerprint density at radius 3 is 3.13 bits per heavy atom. The van der Waals surface area contributed by atoms with Crippen LogP contribution >= 0.6 is 11.3 Å². The summed E-state index contributed by atoms with van der Waals surface area (Å²) in [6.45, 7) is 1.39. The van der Waals surface area contributed by atoms with Crippen molar-refractivity contribution in [3.05, 3.63) is 46.2 Å². The molecule has 1 aromatic heterocycles. The number of carbonyl (C=O) groups excluding carboxylic acids is 1. The van der Waals surface area contributed by atoms with E-state index in [9.17, 15) is 9.18 Å². The van der Waals surface area contributed by atoms with Crippen LogP contribution in [0, 0.1) is 5.82 Å². The Balaban J connectivity index is 1.51. The number of nitrogens with zero attached hydrogens (tertiary/aromatic N) is 1. The number of carbonyl (C=O) groups is 1. The molecule has 1 unspecified atom stereocenters. The summed E-state index contributed by atoms with van der Waals surface area (Å²) in [4.78, 5) is 16.2. The van der Waals surface area contributed by atoms with Gasteiger partial charge < -0.3 is 14.8 Å². The number of hydrogen-bond donors (Lipinski definition) is 1. The number of aromatic nitrogens is 1. The molecule has 1 amide bonds. The van der Waals surface area contributed by atoms with Crippen molar-refractivity contribution in [1.29, 1.82) is 0 Å². The third kappa shape index (κ3) is 4.27. The van der Waals surface area contributed by atoms with Crippen molar-refractivity contribution in [1.82, 2.24) is 10.3 Å². The van der Waals surface area contributed by atoms with E-state index in [2.05, 4.69) is 10.3 Å². The highest BCUT2D eigenvalue weighted by atomic mass is 32.1. The fourth-order valence-corrected chi connectivity index (χ4v) is 2.97. The minimum absolute atomic E-state index is 0.0986. The molecule has 0 saturated carbocycles. The molecule has 7 heteroatoms. The summed E-state index contributed by atoms with van der Waals surface area (Å²) < 4.78 is 24.3. The predicted molar refractivity (Wildman–Crippen MR) is 84.2 cm³/mol. The maximum absolute atomic E-state index is 13.5. The number of hydrogen-bond acceptors (Lipinski definition) is 5. The molecule has 1 aliphatic heterocycles. The fraction of sp³-hybridized carbons (Fsp3) is 0.375. The molecule has 0 aliphatic carbocycles. The van der Waals surface area contributed by atoms with E-state index in [4.69, 9.17) is 9.47 Å². The molecule has 23 heavy (non-hydrogen) atoms. The van der Waals surface area contributed by atoms with Crippen LogP contribution in [0.3, 0.4) is 0 Å². The highest BCUT2D eigenvalue weighted by Crippen LogP contribution is 2.18. The molecule has 2 aromatic rings. The maximum Gasteiger partial charge on any atom is 0.270 e. The molecule has 1 N–H and O–H groups in total. The Bertz CT molecular complexity index is 671. The number of halogens is 1. The molecule has 1 aromatic carbocycles. The predicted octanol–water partition coefficient (Wildman–Crippen LogP) is 2.77. The SMILES string of the molecule is O=C(NCC1CCCO1)c1csc(COc2ccccc2F)n1. The van der Waals surface area contributed by atoms with Crippen molar-refractivity contribution in [2.24, 2.45) is 0 Å². The van der Waals surface area contributed by atoms with Gasteiger partial charge in [0.05, 0.1) is 6.10 Å². The molecule has 122 valence electrons. The first-order valence-electron chi connectivity index (χ1n) is 7.44. The van der Waals surface area contributed by atoms with Gasteiger partial charge in [0.1, 0.15) is 17.3 Å². The normalized spacial score (nSPS) is 17.2. The van der Waals surface area contributed by atoms with E-state index in [1.54, 1.807) is 23.6 Å². The summed E-state index contributed by atoms with van der Waals surface area (Å²) >= 11 is 1.31. The van der Waals surface area contributed by atoms with E-state index in [0.717, 1.165) is 19.4 Å². The summed E-state index contributed by atoms with van der Waals surface area (Å²) in [5, 5.41) is 5.11. The Labute approximate surface area is 137 Å². The quantitative estimate of drug-likeness (QED) is 0.881. The number of amides is 1. The second-order valence-corrected chi connectivity index (χ2v) is 6.13. The molecule has 2 heterocycles. The first-order valence-corrected chi connectivity index (χ1v) is 8.32. The van der Waals surface area contributed by atoms with Gasteiger partial charge in [0.25, 0.3) is 5.91 Å². The Hall–Kier alpha value is -1.99. The Morgan fingerprint density at radius 2 is 2.35 bits per heavy atom. The van der Waals surface area contributed by atoms with Gasteiger partial charge in [0.15, 0.2) is 11.6 Å². The molecule has 0 bridgehead atoms. The standard InChI is InChI=1S/C16H17FN2O3S/c17-12-5-1-2-6-14(12)22-9-15-19-13(10-23-15)16(20)18-8-11-4-3-7-21-11/h1-2,5-6,10-11H,3-4,7-9H2,(H,18,20).